The maximum atomic E-state index is 12.2. The number of amides is 2. The molecule has 2 aliphatic rings. The van der Waals surface area contributed by atoms with Crippen LogP contribution in [0.25, 0.3) is 0 Å². The van der Waals surface area contributed by atoms with Gasteiger partial charge >= 0.3 is 0 Å². The van der Waals surface area contributed by atoms with Gasteiger partial charge in [-0.25, -0.2) is 0 Å². The lowest BCUT2D eigenvalue weighted by molar-refractivity contribution is -0.129. The van der Waals surface area contributed by atoms with Crippen molar-refractivity contribution in [3.8, 4) is 5.75 Å². The van der Waals surface area contributed by atoms with Crippen molar-refractivity contribution < 1.29 is 14.3 Å². The van der Waals surface area contributed by atoms with Crippen LogP contribution < -0.4 is 10.1 Å². The first-order chi connectivity index (χ1) is 11.2. The maximum absolute atomic E-state index is 12.2. The van der Waals surface area contributed by atoms with Gasteiger partial charge in [0.2, 0.25) is 11.8 Å². The van der Waals surface area contributed by atoms with E-state index in [0.29, 0.717) is 25.4 Å². The fourth-order valence-corrected chi connectivity index (χ4v) is 3.14. The summed E-state index contributed by atoms with van der Waals surface area (Å²) in [6, 6.07) is 7.68. The standard InChI is InChI=1S/C18H24N2O3/c1-23-16-7-5-14(6-8-16)11-20-12-15(9-17(20)21)18(22)19-10-13-3-2-4-13/h5-8,13,15H,2-4,9-12H2,1H3,(H,19,22). The molecule has 5 heteroatoms. The molecule has 2 fully saturated rings. The predicted octanol–water partition coefficient (Wildman–Crippen LogP) is 1.96. The third-order valence-electron chi connectivity index (χ3n) is 4.91. The predicted molar refractivity (Wildman–Crippen MR) is 86.9 cm³/mol. The number of carbonyl (C=O) groups is 2. The van der Waals surface area contributed by atoms with Gasteiger partial charge in [-0.15, -0.1) is 0 Å². The van der Waals surface area contributed by atoms with E-state index in [1.807, 2.05) is 24.3 Å². The van der Waals surface area contributed by atoms with Crippen molar-refractivity contribution in [2.75, 3.05) is 20.2 Å². The van der Waals surface area contributed by atoms with Gasteiger partial charge in [-0.05, 0) is 36.5 Å². The molecule has 124 valence electrons. The van der Waals surface area contributed by atoms with E-state index in [1.54, 1.807) is 12.0 Å². The van der Waals surface area contributed by atoms with Crippen LogP contribution in [-0.4, -0.2) is 36.9 Å². The molecule has 1 aromatic rings. The Morgan fingerprint density at radius 1 is 1.30 bits per heavy atom. The number of rotatable bonds is 6. The van der Waals surface area contributed by atoms with Crippen molar-refractivity contribution in [3.63, 3.8) is 0 Å². The Kier molecular flexibility index (Phi) is 4.84. The molecule has 0 bridgehead atoms. The summed E-state index contributed by atoms with van der Waals surface area (Å²) in [6.45, 7) is 1.83. The summed E-state index contributed by atoms with van der Waals surface area (Å²) in [5, 5.41) is 3.01. The van der Waals surface area contributed by atoms with Gasteiger partial charge in [-0.1, -0.05) is 18.6 Å². The molecule has 23 heavy (non-hydrogen) atoms. The minimum Gasteiger partial charge on any atom is -0.497 e. The second-order valence-electron chi connectivity index (χ2n) is 6.57. The second-order valence-corrected chi connectivity index (χ2v) is 6.57. The summed E-state index contributed by atoms with van der Waals surface area (Å²) in [5.74, 6) is 1.33. The Morgan fingerprint density at radius 2 is 2.04 bits per heavy atom. The lowest BCUT2D eigenvalue weighted by atomic mass is 9.85. The summed E-state index contributed by atoms with van der Waals surface area (Å²) < 4.78 is 5.14. The molecule has 0 spiro atoms. The molecule has 3 rings (SSSR count). The van der Waals surface area contributed by atoms with E-state index in [0.717, 1.165) is 17.9 Å². The number of hydrogen-bond donors (Lipinski definition) is 1. The van der Waals surface area contributed by atoms with Gasteiger partial charge in [-0.3, -0.25) is 9.59 Å². The van der Waals surface area contributed by atoms with Gasteiger partial charge in [0.05, 0.1) is 13.0 Å². The molecule has 0 aromatic heterocycles. The van der Waals surface area contributed by atoms with E-state index in [1.165, 1.54) is 19.3 Å². The second kappa shape index (κ2) is 7.02. The van der Waals surface area contributed by atoms with Crippen molar-refractivity contribution in [2.24, 2.45) is 11.8 Å². The van der Waals surface area contributed by atoms with Crippen molar-refractivity contribution in [3.05, 3.63) is 29.8 Å². The van der Waals surface area contributed by atoms with Crippen LogP contribution >= 0.6 is 0 Å². The minimum atomic E-state index is -0.208. The third-order valence-corrected chi connectivity index (χ3v) is 4.91. The molecule has 0 radical (unpaired) electrons. The molecule has 1 saturated heterocycles. The van der Waals surface area contributed by atoms with Gasteiger partial charge in [0, 0.05) is 26.1 Å². The SMILES string of the molecule is COc1ccc(CN2CC(C(=O)NCC3CCC3)CC2=O)cc1. The van der Waals surface area contributed by atoms with Gasteiger partial charge in [0.1, 0.15) is 5.75 Å². The smallest absolute Gasteiger partial charge is 0.225 e. The van der Waals surface area contributed by atoms with Crippen molar-refractivity contribution in [1.29, 1.82) is 0 Å². The first-order valence-corrected chi connectivity index (χ1v) is 8.34. The highest BCUT2D eigenvalue weighted by Gasteiger charge is 2.34. The monoisotopic (exact) mass is 316 g/mol. The number of ether oxygens (including phenoxy) is 1. The minimum absolute atomic E-state index is 0.0301. The molecule has 1 aliphatic carbocycles. The molecule has 1 aliphatic heterocycles. The summed E-state index contributed by atoms with van der Waals surface area (Å²) >= 11 is 0. The molecular weight excluding hydrogens is 292 g/mol. The molecule has 1 aromatic carbocycles. The summed E-state index contributed by atoms with van der Waals surface area (Å²) in [7, 11) is 1.63. The lowest BCUT2D eigenvalue weighted by Gasteiger charge is -2.26. The lowest BCUT2D eigenvalue weighted by Crippen LogP contribution is -2.37. The highest BCUT2D eigenvalue weighted by Crippen LogP contribution is 2.26. The zero-order valence-electron chi connectivity index (χ0n) is 13.6. The van der Waals surface area contributed by atoms with E-state index in [4.69, 9.17) is 4.74 Å². The maximum Gasteiger partial charge on any atom is 0.225 e. The van der Waals surface area contributed by atoms with Crippen LogP contribution in [0.1, 0.15) is 31.2 Å². The van der Waals surface area contributed by atoms with Crippen LogP contribution in [0, 0.1) is 11.8 Å². The number of nitrogens with one attached hydrogen (secondary N) is 1. The largest absolute Gasteiger partial charge is 0.497 e. The average Bonchev–Trinajstić information content (AvgIpc) is 2.87. The van der Waals surface area contributed by atoms with E-state index < -0.39 is 0 Å². The molecule has 1 atom stereocenters. The molecular formula is C18H24N2O3. The molecule has 2 amide bonds. The number of carbonyl (C=O) groups excluding carboxylic acids is 2. The molecule has 1 saturated carbocycles. The molecule has 5 nitrogen and oxygen atoms in total. The van der Waals surface area contributed by atoms with E-state index in [-0.39, 0.29) is 17.7 Å². The quantitative estimate of drug-likeness (QED) is 0.873. The Labute approximate surface area is 137 Å². The highest BCUT2D eigenvalue weighted by atomic mass is 16.5. The van der Waals surface area contributed by atoms with Crippen LogP contribution in [0.2, 0.25) is 0 Å². The Hall–Kier alpha value is -2.04. The van der Waals surface area contributed by atoms with Gasteiger partial charge in [-0.2, -0.15) is 0 Å². The Balaban J connectivity index is 1.50. The normalized spacial score (nSPS) is 21.2. The molecule has 1 N–H and O–H groups in total. The summed E-state index contributed by atoms with van der Waals surface area (Å²) in [5.41, 5.74) is 1.05. The average molecular weight is 316 g/mol. The molecule has 1 unspecified atom stereocenters. The topological polar surface area (TPSA) is 58.6 Å². The number of benzene rings is 1. The van der Waals surface area contributed by atoms with Crippen LogP contribution in [0.15, 0.2) is 24.3 Å². The zero-order chi connectivity index (χ0) is 16.2. The van der Waals surface area contributed by atoms with Crippen molar-refractivity contribution in [1.82, 2.24) is 10.2 Å². The number of hydrogen-bond acceptors (Lipinski definition) is 3. The molecule has 1 heterocycles. The van der Waals surface area contributed by atoms with Crippen molar-refractivity contribution in [2.45, 2.75) is 32.2 Å². The third kappa shape index (κ3) is 3.84. The number of nitrogens with zero attached hydrogens (tertiary/aromatic N) is 1. The fraction of sp³-hybridized carbons (Fsp3) is 0.556. The van der Waals surface area contributed by atoms with Crippen LogP contribution in [0.4, 0.5) is 0 Å². The van der Waals surface area contributed by atoms with Crippen LogP contribution in [0.5, 0.6) is 5.75 Å². The van der Waals surface area contributed by atoms with Gasteiger partial charge in [0.15, 0.2) is 0 Å². The first-order valence-electron chi connectivity index (χ1n) is 8.34. The van der Waals surface area contributed by atoms with E-state index >= 15 is 0 Å². The first kappa shape index (κ1) is 15.8. The summed E-state index contributed by atoms with van der Waals surface area (Å²) in [6.07, 6.45) is 4.03. The van der Waals surface area contributed by atoms with Gasteiger partial charge < -0.3 is 15.0 Å². The summed E-state index contributed by atoms with van der Waals surface area (Å²) in [4.78, 5) is 26.1. The number of methoxy groups -OCH3 is 1. The Morgan fingerprint density at radius 3 is 2.65 bits per heavy atom. The van der Waals surface area contributed by atoms with Crippen molar-refractivity contribution >= 4 is 11.8 Å². The fourth-order valence-electron chi connectivity index (χ4n) is 3.14. The van der Waals surface area contributed by atoms with E-state index in [9.17, 15) is 9.59 Å². The Bertz CT molecular complexity index is 566. The van der Waals surface area contributed by atoms with Gasteiger partial charge in [0.25, 0.3) is 0 Å². The number of likely N-dealkylation sites (tertiary alicyclic amines) is 1. The van der Waals surface area contributed by atoms with Crippen LogP contribution in [0.3, 0.4) is 0 Å². The van der Waals surface area contributed by atoms with Crippen LogP contribution in [-0.2, 0) is 16.1 Å². The van der Waals surface area contributed by atoms with E-state index in [2.05, 4.69) is 5.32 Å². The highest BCUT2D eigenvalue weighted by molar-refractivity contribution is 5.89. The zero-order valence-corrected chi connectivity index (χ0v) is 13.6.